The number of Topliss-reactive ketones (excluding diaryl/α,β-unsaturated/α-hetero) is 1. The van der Waals surface area contributed by atoms with Gasteiger partial charge in [-0.3, -0.25) is 9.69 Å². The summed E-state index contributed by atoms with van der Waals surface area (Å²) < 4.78 is 16.3. The minimum atomic E-state index is 0.0601. The molecule has 1 aliphatic heterocycles. The lowest BCUT2D eigenvalue weighted by Crippen LogP contribution is -2.27. The Labute approximate surface area is 125 Å². The van der Waals surface area contributed by atoms with Crippen molar-refractivity contribution < 1.29 is 19.0 Å². The van der Waals surface area contributed by atoms with E-state index >= 15 is 0 Å². The Hall–Kier alpha value is -1.43. The third-order valence-corrected chi connectivity index (χ3v) is 3.98. The van der Waals surface area contributed by atoms with Crippen molar-refractivity contribution in [2.75, 3.05) is 34.4 Å². The second-order valence-electron chi connectivity index (χ2n) is 5.33. The molecule has 0 radical (unpaired) electrons. The molecule has 21 heavy (non-hydrogen) atoms. The van der Waals surface area contributed by atoms with E-state index in [0.717, 1.165) is 24.4 Å². The number of ether oxygens (including phenoxy) is 3. The molecule has 1 aromatic rings. The second kappa shape index (κ2) is 7.02. The van der Waals surface area contributed by atoms with Gasteiger partial charge in [-0.1, -0.05) is 0 Å². The molecule has 1 heterocycles. The number of hydrogen-bond donors (Lipinski definition) is 0. The molecule has 116 valence electrons. The van der Waals surface area contributed by atoms with Gasteiger partial charge in [-0.2, -0.15) is 0 Å². The largest absolute Gasteiger partial charge is 0.496 e. The fraction of sp³-hybridized carbons (Fsp3) is 0.562. The quantitative estimate of drug-likeness (QED) is 0.748. The minimum Gasteiger partial charge on any atom is -0.496 e. The standard InChI is InChI=1S/C16H23NO4/c1-11(18)12-5-6-14(19-2)13(7-12)8-17-9-15(20-3)16(10-17)21-4/h5-7,15-16H,8-10H2,1-4H3. The van der Waals surface area contributed by atoms with Crippen LogP contribution in [0.2, 0.25) is 0 Å². The van der Waals surface area contributed by atoms with Crippen molar-refractivity contribution in [3.8, 4) is 5.75 Å². The summed E-state index contributed by atoms with van der Waals surface area (Å²) in [6.45, 7) is 3.90. The van der Waals surface area contributed by atoms with Crippen molar-refractivity contribution in [2.45, 2.75) is 25.7 Å². The Morgan fingerprint density at radius 2 is 1.81 bits per heavy atom. The van der Waals surface area contributed by atoms with Crippen LogP contribution in [0.15, 0.2) is 18.2 Å². The van der Waals surface area contributed by atoms with E-state index in [4.69, 9.17) is 14.2 Å². The summed E-state index contributed by atoms with van der Waals surface area (Å²) in [4.78, 5) is 13.8. The summed E-state index contributed by atoms with van der Waals surface area (Å²) in [7, 11) is 5.06. The van der Waals surface area contributed by atoms with Crippen molar-refractivity contribution in [1.29, 1.82) is 0 Å². The average molecular weight is 293 g/mol. The Kier molecular flexibility index (Phi) is 5.33. The van der Waals surface area contributed by atoms with Gasteiger partial charge in [-0.25, -0.2) is 0 Å². The third kappa shape index (κ3) is 3.61. The number of methoxy groups -OCH3 is 3. The molecule has 0 aliphatic carbocycles. The first-order valence-electron chi connectivity index (χ1n) is 7.04. The Morgan fingerprint density at radius 1 is 1.19 bits per heavy atom. The van der Waals surface area contributed by atoms with Crippen molar-refractivity contribution >= 4 is 5.78 Å². The van der Waals surface area contributed by atoms with Gasteiger partial charge in [0.2, 0.25) is 0 Å². The van der Waals surface area contributed by atoms with Crippen molar-refractivity contribution in [2.24, 2.45) is 0 Å². The Bertz CT molecular complexity index is 491. The molecule has 1 fully saturated rings. The monoisotopic (exact) mass is 293 g/mol. The number of ketones is 1. The van der Waals surface area contributed by atoms with Gasteiger partial charge >= 0.3 is 0 Å². The van der Waals surface area contributed by atoms with E-state index in [1.807, 2.05) is 12.1 Å². The van der Waals surface area contributed by atoms with Crippen molar-refractivity contribution in [1.82, 2.24) is 4.90 Å². The molecule has 5 nitrogen and oxygen atoms in total. The molecule has 1 saturated heterocycles. The lowest BCUT2D eigenvalue weighted by Gasteiger charge is -2.18. The van der Waals surface area contributed by atoms with Crippen LogP contribution < -0.4 is 4.74 Å². The van der Waals surface area contributed by atoms with Crippen LogP contribution in [0.25, 0.3) is 0 Å². The molecule has 2 unspecified atom stereocenters. The summed E-state index contributed by atoms with van der Waals surface area (Å²) in [5, 5.41) is 0. The predicted molar refractivity (Wildman–Crippen MR) is 79.9 cm³/mol. The van der Waals surface area contributed by atoms with Gasteiger partial charge in [-0.15, -0.1) is 0 Å². The highest BCUT2D eigenvalue weighted by Crippen LogP contribution is 2.25. The summed E-state index contributed by atoms with van der Waals surface area (Å²) in [5.74, 6) is 0.861. The zero-order valence-electron chi connectivity index (χ0n) is 13.1. The molecule has 2 rings (SSSR count). The van der Waals surface area contributed by atoms with Gasteiger partial charge in [0.1, 0.15) is 5.75 Å². The van der Waals surface area contributed by atoms with Crippen LogP contribution in [0.1, 0.15) is 22.8 Å². The minimum absolute atomic E-state index is 0.0601. The molecule has 0 N–H and O–H groups in total. The first-order valence-corrected chi connectivity index (χ1v) is 7.04. The molecule has 0 amide bonds. The van der Waals surface area contributed by atoms with E-state index in [1.165, 1.54) is 0 Å². The lowest BCUT2D eigenvalue weighted by molar-refractivity contribution is -0.00461. The maximum Gasteiger partial charge on any atom is 0.159 e. The van der Waals surface area contributed by atoms with Crippen LogP contribution in [0.3, 0.4) is 0 Å². The van der Waals surface area contributed by atoms with E-state index in [2.05, 4.69) is 4.90 Å². The highest BCUT2D eigenvalue weighted by Gasteiger charge is 2.33. The predicted octanol–water partition coefficient (Wildman–Crippen LogP) is 1.74. The first kappa shape index (κ1) is 15.9. The van der Waals surface area contributed by atoms with Gasteiger partial charge in [0.25, 0.3) is 0 Å². The summed E-state index contributed by atoms with van der Waals surface area (Å²) in [5.41, 5.74) is 1.72. The molecule has 5 heteroatoms. The normalized spacial score (nSPS) is 22.5. The van der Waals surface area contributed by atoms with Crippen molar-refractivity contribution in [3.05, 3.63) is 29.3 Å². The number of carbonyl (C=O) groups excluding carboxylic acids is 1. The highest BCUT2D eigenvalue weighted by molar-refractivity contribution is 5.94. The van der Waals surface area contributed by atoms with Crippen LogP contribution in [-0.2, 0) is 16.0 Å². The van der Waals surface area contributed by atoms with Crippen LogP contribution in [0.5, 0.6) is 5.75 Å². The molecule has 0 saturated carbocycles. The summed E-state index contributed by atoms with van der Waals surface area (Å²) >= 11 is 0. The van der Waals surface area contributed by atoms with Gasteiger partial charge in [-0.05, 0) is 25.1 Å². The maximum atomic E-state index is 11.5. The number of hydrogen-bond acceptors (Lipinski definition) is 5. The zero-order valence-corrected chi connectivity index (χ0v) is 13.1. The van der Waals surface area contributed by atoms with Gasteiger partial charge < -0.3 is 14.2 Å². The average Bonchev–Trinajstić information content (AvgIpc) is 2.89. The van der Waals surface area contributed by atoms with Gasteiger partial charge in [0.15, 0.2) is 5.78 Å². The number of carbonyl (C=O) groups is 1. The molecular weight excluding hydrogens is 270 g/mol. The van der Waals surface area contributed by atoms with E-state index in [1.54, 1.807) is 34.3 Å². The van der Waals surface area contributed by atoms with Crippen LogP contribution in [-0.4, -0.2) is 57.3 Å². The fourth-order valence-electron chi connectivity index (χ4n) is 2.76. The highest BCUT2D eigenvalue weighted by atomic mass is 16.5. The Morgan fingerprint density at radius 3 is 2.29 bits per heavy atom. The van der Waals surface area contributed by atoms with E-state index in [0.29, 0.717) is 12.1 Å². The number of likely N-dealkylation sites (tertiary alicyclic amines) is 1. The first-order chi connectivity index (χ1) is 10.1. The lowest BCUT2D eigenvalue weighted by atomic mass is 10.1. The molecule has 1 aliphatic rings. The van der Waals surface area contributed by atoms with Crippen LogP contribution in [0.4, 0.5) is 0 Å². The maximum absolute atomic E-state index is 11.5. The third-order valence-electron chi connectivity index (χ3n) is 3.98. The SMILES string of the molecule is COc1ccc(C(C)=O)cc1CN1CC(OC)C(OC)C1. The van der Waals surface area contributed by atoms with Crippen LogP contribution >= 0.6 is 0 Å². The molecule has 2 atom stereocenters. The topological polar surface area (TPSA) is 48.0 Å². The van der Waals surface area contributed by atoms with Crippen LogP contribution in [0, 0.1) is 0 Å². The summed E-state index contributed by atoms with van der Waals surface area (Å²) in [6, 6.07) is 5.55. The Balaban J connectivity index is 2.15. The zero-order chi connectivity index (χ0) is 15.4. The number of nitrogens with zero attached hydrogens (tertiary/aromatic N) is 1. The van der Waals surface area contributed by atoms with Crippen molar-refractivity contribution in [3.63, 3.8) is 0 Å². The molecule has 0 spiro atoms. The second-order valence-corrected chi connectivity index (χ2v) is 5.33. The smallest absolute Gasteiger partial charge is 0.159 e. The number of rotatable bonds is 6. The van der Waals surface area contributed by atoms with Gasteiger partial charge in [0, 0.05) is 45.0 Å². The van der Waals surface area contributed by atoms with E-state index in [-0.39, 0.29) is 18.0 Å². The van der Waals surface area contributed by atoms with Gasteiger partial charge in [0.05, 0.1) is 19.3 Å². The molecular formula is C16H23NO4. The summed E-state index contributed by atoms with van der Waals surface area (Å²) in [6.07, 6.45) is 0.161. The number of benzene rings is 1. The molecule has 1 aromatic carbocycles. The molecule has 0 bridgehead atoms. The fourth-order valence-corrected chi connectivity index (χ4v) is 2.76. The van der Waals surface area contributed by atoms with E-state index < -0.39 is 0 Å². The molecule has 0 aromatic heterocycles. The van der Waals surface area contributed by atoms with E-state index in [9.17, 15) is 4.79 Å².